The molecule has 1 aromatic heterocycles. The molecule has 1 aliphatic rings. The minimum Gasteiger partial charge on any atom is -0.308 e. The van der Waals surface area contributed by atoms with Crippen LogP contribution in [-0.2, 0) is 11.8 Å². The van der Waals surface area contributed by atoms with Crippen LogP contribution in [0.25, 0.3) is 0 Å². The van der Waals surface area contributed by atoms with Crippen LogP contribution in [0, 0.1) is 0 Å². The minimum atomic E-state index is -0.330. The first-order valence-electron chi connectivity index (χ1n) is 6.37. The zero-order chi connectivity index (χ0) is 13.4. The molecule has 0 spiro atoms. The van der Waals surface area contributed by atoms with E-state index in [-0.39, 0.29) is 11.1 Å². The average molecular weight is 252 g/mol. The predicted octanol–water partition coefficient (Wildman–Crippen LogP) is 1.26. The van der Waals surface area contributed by atoms with Gasteiger partial charge in [0.05, 0.1) is 11.9 Å². The molecule has 2 N–H and O–H groups in total. The highest BCUT2D eigenvalue weighted by molar-refractivity contribution is 4.99. The Morgan fingerprint density at radius 2 is 2.00 bits per heavy atom. The van der Waals surface area contributed by atoms with Crippen molar-refractivity contribution in [3.63, 3.8) is 0 Å². The molecule has 1 aliphatic heterocycles. The van der Waals surface area contributed by atoms with Crippen LogP contribution in [0.1, 0.15) is 46.2 Å². The lowest BCUT2D eigenvalue weighted by Gasteiger charge is -2.50. The van der Waals surface area contributed by atoms with Gasteiger partial charge >= 0.3 is 0 Å². The highest BCUT2D eigenvalue weighted by Gasteiger charge is 2.45. The van der Waals surface area contributed by atoms with Crippen LogP contribution >= 0.6 is 0 Å². The van der Waals surface area contributed by atoms with Crippen LogP contribution in [0.3, 0.4) is 0 Å². The van der Waals surface area contributed by atoms with E-state index in [1.54, 1.807) is 6.20 Å². The molecule has 1 aromatic rings. The number of nitrogens with one attached hydrogen (secondary N) is 2. The molecule has 101 valence electrons. The van der Waals surface area contributed by atoms with Crippen molar-refractivity contribution in [2.24, 2.45) is 0 Å². The summed E-state index contributed by atoms with van der Waals surface area (Å²) in [5, 5.41) is 27.3. The monoisotopic (exact) mass is 252 g/mol. The van der Waals surface area contributed by atoms with Crippen LogP contribution < -0.4 is 5.32 Å². The molecule has 1 fully saturated rings. The van der Waals surface area contributed by atoms with Crippen molar-refractivity contribution in [3.8, 4) is 0 Å². The van der Waals surface area contributed by atoms with E-state index in [9.17, 15) is 5.21 Å². The van der Waals surface area contributed by atoms with Gasteiger partial charge in [-0.1, -0.05) is 0 Å². The maximum Gasteiger partial charge on any atom is 0.0962 e. The van der Waals surface area contributed by atoms with Gasteiger partial charge < -0.3 is 5.32 Å². The van der Waals surface area contributed by atoms with Gasteiger partial charge in [0, 0.05) is 23.7 Å². The quantitative estimate of drug-likeness (QED) is 0.849. The van der Waals surface area contributed by atoms with Crippen molar-refractivity contribution in [1.29, 1.82) is 0 Å². The fourth-order valence-corrected chi connectivity index (χ4v) is 2.97. The van der Waals surface area contributed by atoms with Crippen molar-refractivity contribution in [2.75, 3.05) is 0 Å². The van der Waals surface area contributed by atoms with Crippen molar-refractivity contribution in [1.82, 2.24) is 25.8 Å². The molecule has 6 heteroatoms. The van der Waals surface area contributed by atoms with Crippen molar-refractivity contribution in [3.05, 3.63) is 11.9 Å². The van der Waals surface area contributed by atoms with Crippen LogP contribution in [0.2, 0.25) is 0 Å². The molecule has 6 nitrogen and oxygen atoms in total. The number of hydrogen-bond donors (Lipinski definition) is 2. The topological polar surface area (TPSA) is 76.7 Å². The zero-order valence-electron chi connectivity index (χ0n) is 11.5. The lowest BCUT2D eigenvalue weighted by atomic mass is 9.79. The van der Waals surface area contributed by atoms with Gasteiger partial charge in [-0.2, -0.15) is 15.4 Å². The highest BCUT2D eigenvalue weighted by atomic mass is 16.5. The van der Waals surface area contributed by atoms with E-state index in [0.717, 1.165) is 18.5 Å². The Balaban J connectivity index is 1.98. The minimum absolute atomic E-state index is 0.330. The molecule has 0 aliphatic carbocycles. The number of piperidine rings is 1. The molecule has 18 heavy (non-hydrogen) atoms. The van der Waals surface area contributed by atoms with Gasteiger partial charge in [-0.3, -0.25) is 0 Å². The van der Waals surface area contributed by atoms with Crippen LogP contribution in [0.15, 0.2) is 6.20 Å². The van der Waals surface area contributed by atoms with E-state index in [0.29, 0.717) is 12.6 Å². The summed E-state index contributed by atoms with van der Waals surface area (Å²) in [5.41, 5.74) is 0.238. The van der Waals surface area contributed by atoms with Crippen LogP contribution in [0.4, 0.5) is 0 Å². The molecular formula is C12H22N5O. The van der Waals surface area contributed by atoms with E-state index >= 15 is 0 Å². The third-order valence-corrected chi connectivity index (χ3v) is 3.63. The lowest BCUT2D eigenvalue weighted by Crippen LogP contribution is -2.61. The summed E-state index contributed by atoms with van der Waals surface area (Å²) in [4.78, 5) is 0. The fourth-order valence-electron chi connectivity index (χ4n) is 2.97. The summed E-state index contributed by atoms with van der Waals surface area (Å²) in [6.45, 7) is 8.71. The van der Waals surface area contributed by atoms with Gasteiger partial charge in [-0.25, -0.2) is 0 Å². The maximum absolute atomic E-state index is 12.2. The number of H-pyrrole nitrogens is 1. The third kappa shape index (κ3) is 2.71. The van der Waals surface area contributed by atoms with Crippen molar-refractivity contribution < 1.29 is 5.21 Å². The summed E-state index contributed by atoms with van der Waals surface area (Å²) >= 11 is 0. The van der Waals surface area contributed by atoms with Gasteiger partial charge in [0.2, 0.25) is 0 Å². The van der Waals surface area contributed by atoms with E-state index in [1.165, 1.54) is 5.06 Å². The molecule has 0 unspecified atom stereocenters. The Labute approximate surface area is 108 Å². The van der Waals surface area contributed by atoms with Crippen LogP contribution in [0.5, 0.6) is 0 Å². The summed E-state index contributed by atoms with van der Waals surface area (Å²) in [5.74, 6) is 0. The summed E-state index contributed by atoms with van der Waals surface area (Å²) in [6.07, 6.45) is 3.40. The number of aromatic nitrogens is 3. The maximum atomic E-state index is 12.2. The first-order chi connectivity index (χ1) is 8.31. The first-order valence-corrected chi connectivity index (χ1v) is 6.37. The standard InChI is InChI=1S/C12H22N5O/c1-11(2)5-9(6-12(3,4)17(11)18)13-7-10-8-14-16-15-10/h8-9,13H,5-7H2,1-4H3,(H,14,15,16). The van der Waals surface area contributed by atoms with E-state index in [2.05, 4.69) is 20.7 Å². The molecule has 0 atom stereocenters. The van der Waals surface area contributed by atoms with Gasteiger partial charge in [0.25, 0.3) is 0 Å². The Morgan fingerprint density at radius 1 is 1.39 bits per heavy atom. The Kier molecular flexibility index (Phi) is 3.44. The van der Waals surface area contributed by atoms with Gasteiger partial charge in [-0.05, 0) is 40.5 Å². The van der Waals surface area contributed by atoms with Crippen molar-refractivity contribution >= 4 is 0 Å². The summed E-state index contributed by atoms with van der Waals surface area (Å²) < 4.78 is 0. The highest BCUT2D eigenvalue weighted by Crippen LogP contribution is 2.36. The van der Waals surface area contributed by atoms with Gasteiger partial charge in [0.1, 0.15) is 0 Å². The van der Waals surface area contributed by atoms with Gasteiger partial charge in [0.15, 0.2) is 0 Å². The second kappa shape index (κ2) is 4.60. The average Bonchev–Trinajstić information content (AvgIpc) is 2.75. The largest absolute Gasteiger partial charge is 0.308 e. The number of rotatable bonds is 3. The van der Waals surface area contributed by atoms with E-state index < -0.39 is 0 Å². The molecule has 0 bridgehead atoms. The Hall–Kier alpha value is -0.980. The fraction of sp³-hybridized carbons (Fsp3) is 0.833. The van der Waals surface area contributed by atoms with Crippen LogP contribution in [-0.4, -0.2) is 37.6 Å². The lowest BCUT2D eigenvalue weighted by molar-refractivity contribution is -0.290. The third-order valence-electron chi connectivity index (χ3n) is 3.63. The number of nitrogens with zero attached hydrogens (tertiary/aromatic N) is 3. The number of aromatic amines is 1. The molecule has 1 saturated heterocycles. The van der Waals surface area contributed by atoms with Crippen molar-refractivity contribution in [2.45, 2.75) is 64.2 Å². The molecule has 2 rings (SSSR count). The molecule has 0 amide bonds. The molecular weight excluding hydrogens is 230 g/mol. The smallest absolute Gasteiger partial charge is 0.0962 e. The molecule has 0 saturated carbocycles. The SMILES string of the molecule is CC1(C)CC(NCc2cn[nH]n2)CC(C)(C)N1[O]. The summed E-state index contributed by atoms with van der Waals surface area (Å²) in [6, 6.07) is 0.330. The number of hydroxylamine groups is 2. The predicted molar refractivity (Wildman–Crippen MR) is 66.9 cm³/mol. The van der Waals surface area contributed by atoms with Gasteiger partial charge in [-0.15, -0.1) is 10.3 Å². The van der Waals surface area contributed by atoms with E-state index in [4.69, 9.17) is 0 Å². The molecule has 0 aromatic carbocycles. The second-order valence-electron chi connectivity index (χ2n) is 6.37. The second-order valence-corrected chi connectivity index (χ2v) is 6.37. The number of hydrogen-bond acceptors (Lipinski definition) is 4. The Bertz CT molecular complexity index is 369. The normalized spacial score (nSPS) is 24.3. The molecule has 1 radical (unpaired) electrons. The zero-order valence-corrected chi connectivity index (χ0v) is 11.5. The first kappa shape index (κ1) is 13.5. The van der Waals surface area contributed by atoms with E-state index in [1.807, 2.05) is 27.7 Å². The Morgan fingerprint density at radius 3 is 2.50 bits per heavy atom. The molecule has 2 heterocycles. The summed E-state index contributed by atoms with van der Waals surface area (Å²) in [7, 11) is 0.